The maximum Gasteiger partial charge on any atom is 0.254 e. The van der Waals surface area contributed by atoms with Gasteiger partial charge >= 0.3 is 0 Å². The summed E-state index contributed by atoms with van der Waals surface area (Å²) in [4.78, 5) is 20.2. The molecule has 1 aromatic rings. The Balaban J connectivity index is 2.65. The number of nitrogens with one attached hydrogen (secondary N) is 2. The Labute approximate surface area is 169 Å². The molecule has 4 nitrogen and oxygen atoms in total. The Kier molecular flexibility index (Phi) is 12.3. The Morgan fingerprint density at radius 2 is 2.00 bits per heavy atom. The predicted molar refractivity (Wildman–Crippen MR) is 121 cm³/mol. The molecular formula is C24H35N3O. The number of aromatic amines is 1. The minimum atomic E-state index is -0.0201. The average Bonchev–Trinajstić information content (AvgIpc) is 2.68. The molecule has 0 spiro atoms. The van der Waals surface area contributed by atoms with Gasteiger partial charge in [-0.15, -0.1) is 0 Å². The van der Waals surface area contributed by atoms with Gasteiger partial charge in [0.05, 0.1) is 5.69 Å². The van der Waals surface area contributed by atoms with E-state index in [9.17, 15) is 4.79 Å². The molecule has 0 atom stereocenters. The zero-order valence-electron chi connectivity index (χ0n) is 17.6. The average molecular weight is 382 g/mol. The highest BCUT2D eigenvalue weighted by molar-refractivity contribution is 5.27. The Morgan fingerprint density at radius 3 is 2.68 bits per heavy atom. The van der Waals surface area contributed by atoms with Gasteiger partial charge in [0.1, 0.15) is 5.82 Å². The first-order valence-electron chi connectivity index (χ1n) is 10.2. The van der Waals surface area contributed by atoms with Gasteiger partial charge in [-0.1, -0.05) is 62.1 Å². The van der Waals surface area contributed by atoms with E-state index in [1.54, 1.807) is 6.08 Å². The van der Waals surface area contributed by atoms with Crippen LogP contribution < -0.4 is 10.9 Å². The highest BCUT2D eigenvalue weighted by Gasteiger charge is 2.10. The molecule has 0 saturated carbocycles. The van der Waals surface area contributed by atoms with Crippen molar-refractivity contribution >= 4 is 0 Å². The third-order valence-electron chi connectivity index (χ3n) is 4.28. The van der Waals surface area contributed by atoms with Crippen LogP contribution in [0.4, 0.5) is 0 Å². The van der Waals surface area contributed by atoms with Crippen LogP contribution in [0.3, 0.4) is 0 Å². The Bertz CT molecular complexity index is 767. The van der Waals surface area contributed by atoms with Crippen molar-refractivity contribution in [2.75, 3.05) is 13.1 Å². The van der Waals surface area contributed by atoms with Crippen molar-refractivity contribution in [2.45, 2.75) is 52.9 Å². The van der Waals surface area contributed by atoms with Crippen molar-refractivity contribution in [3.05, 3.63) is 88.2 Å². The Hall–Kier alpha value is -2.46. The highest BCUT2D eigenvalue weighted by atomic mass is 16.1. The van der Waals surface area contributed by atoms with Gasteiger partial charge in [-0.3, -0.25) is 4.79 Å². The van der Waals surface area contributed by atoms with Crippen molar-refractivity contribution in [1.82, 2.24) is 15.3 Å². The van der Waals surface area contributed by atoms with Crippen LogP contribution in [0.5, 0.6) is 0 Å². The maximum absolute atomic E-state index is 12.6. The predicted octanol–water partition coefficient (Wildman–Crippen LogP) is 4.61. The van der Waals surface area contributed by atoms with Crippen LogP contribution in [0, 0.1) is 0 Å². The van der Waals surface area contributed by atoms with Crippen molar-refractivity contribution in [2.24, 2.45) is 0 Å². The van der Waals surface area contributed by atoms with E-state index in [0.29, 0.717) is 18.7 Å². The molecule has 0 aromatic carbocycles. The third-order valence-corrected chi connectivity index (χ3v) is 4.28. The van der Waals surface area contributed by atoms with E-state index in [2.05, 4.69) is 41.2 Å². The van der Waals surface area contributed by atoms with E-state index in [1.165, 1.54) is 0 Å². The fourth-order valence-electron chi connectivity index (χ4n) is 2.91. The molecule has 1 heterocycles. The molecule has 4 heteroatoms. The summed E-state index contributed by atoms with van der Waals surface area (Å²) >= 11 is 0. The first-order valence-corrected chi connectivity index (χ1v) is 10.2. The largest absolute Gasteiger partial charge is 0.316 e. The van der Waals surface area contributed by atoms with E-state index in [-0.39, 0.29) is 5.56 Å². The van der Waals surface area contributed by atoms with Crippen LogP contribution in [0.1, 0.15) is 50.7 Å². The van der Waals surface area contributed by atoms with Crippen molar-refractivity contribution in [3.63, 3.8) is 0 Å². The number of hydrogen-bond acceptors (Lipinski definition) is 3. The molecule has 28 heavy (non-hydrogen) atoms. The van der Waals surface area contributed by atoms with E-state index >= 15 is 0 Å². The second-order valence-electron chi connectivity index (χ2n) is 6.51. The summed E-state index contributed by atoms with van der Waals surface area (Å²) in [5.74, 6) is 0.705. The van der Waals surface area contributed by atoms with E-state index in [4.69, 9.17) is 4.98 Å². The summed E-state index contributed by atoms with van der Waals surface area (Å²) in [7, 11) is 0. The SMILES string of the molecule is C=C/C=C(\C=C/C)Cc1nc(CC)c(CCNCC/C=C\C/C=C\C)c(=O)[nH]1. The number of rotatable bonds is 13. The van der Waals surface area contributed by atoms with Crippen LogP contribution in [0.2, 0.25) is 0 Å². The Morgan fingerprint density at radius 1 is 1.18 bits per heavy atom. The normalized spacial score (nSPS) is 12.6. The molecule has 0 unspecified atom stereocenters. The van der Waals surface area contributed by atoms with Gasteiger partial charge in [0.15, 0.2) is 0 Å². The summed E-state index contributed by atoms with van der Waals surface area (Å²) in [6.07, 6.45) is 20.3. The fraction of sp³-hybridized carbons (Fsp3) is 0.417. The highest BCUT2D eigenvalue weighted by Crippen LogP contribution is 2.08. The summed E-state index contributed by atoms with van der Waals surface area (Å²) in [6.45, 7) is 11.5. The van der Waals surface area contributed by atoms with Crippen LogP contribution in [0.15, 0.2) is 65.6 Å². The molecule has 0 amide bonds. The molecule has 0 bridgehead atoms. The minimum absolute atomic E-state index is 0.0201. The van der Waals surface area contributed by atoms with Crippen LogP contribution >= 0.6 is 0 Å². The van der Waals surface area contributed by atoms with Gasteiger partial charge in [-0.2, -0.15) is 0 Å². The molecule has 0 radical (unpaired) electrons. The van der Waals surface area contributed by atoms with Crippen LogP contribution in [-0.2, 0) is 19.3 Å². The van der Waals surface area contributed by atoms with Gasteiger partial charge in [0.25, 0.3) is 5.56 Å². The molecule has 152 valence electrons. The fourth-order valence-corrected chi connectivity index (χ4v) is 2.91. The number of aryl methyl sites for hydroxylation is 1. The number of nitrogens with zero attached hydrogens (tertiary/aromatic N) is 1. The molecular weight excluding hydrogens is 346 g/mol. The second kappa shape index (κ2) is 14.6. The molecule has 1 aromatic heterocycles. The molecule has 2 N–H and O–H groups in total. The van der Waals surface area contributed by atoms with E-state index < -0.39 is 0 Å². The smallest absolute Gasteiger partial charge is 0.254 e. The van der Waals surface area contributed by atoms with Crippen molar-refractivity contribution in [1.29, 1.82) is 0 Å². The van der Waals surface area contributed by atoms with Crippen molar-refractivity contribution in [3.8, 4) is 0 Å². The van der Waals surface area contributed by atoms with Crippen LogP contribution in [0.25, 0.3) is 0 Å². The first kappa shape index (κ1) is 23.6. The lowest BCUT2D eigenvalue weighted by Crippen LogP contribution is -2.25. The molecule has 0 fully saturated rings. The van der Waals surface area contributed by atoms with Gasteiger partial charge in [0.2, 0.25) is 0 Å². The summed E-state index contributed by atoms with van der Waals surface area (Å²) in [5, 5.41) is 3.40. The van der Waals surface area contributed by atoms with Crippen LogP contribution in [-0.4, -0.2) is 23.1 Å². The van der Waals surface area contributed by atoms with E-state index in [1.807, 2.05) is 39.0 Å². The first-order chi connectivity index (χ1) is 13.7. The lowest BCUT2D eigenvalue weighted by molar-refractivity contribution is 0.678. The summed E-state index contributed by atoms with van der Waals surface area (Å²) in [6, 6.07) is 0. The van der Waals surface area contributed by atoms with Gasteiger partial charge in [-0.25, -0.2) is 4.98 Å². The number of allylic oxidation sites excluding steroid dienone is 8. The topological polar surface area (TPSA) is 57.8 Å². The molecule has 0 aliphatic heterocycles. The van der Waals surface area contributed by atoms with E-state index in [0.717, 1.165) is 49.2 Å². The zero-order valence-corrected chi connectivity index (χ0v) is 17.6. The van der Waals surface area contributed by atoms with Gasteiger partial charge < -0.3 is 10.3 Å². The monoisotopic (exact) mass is 381 g/mol. The third kappa shape index (κ3) is 8.96. The maximum atomic E-state index is 12.6. The lowest BCUT2D eigenvalue weighted by Gasteiger charge is -2.10. The molecule has 0 aliphatic carbocycles. The molecule has 1 rings (SSSR count). The minimum Gasteiger partial charge on any atom is -0.316 e. The molecule has 0 aliphatic rings. The summed E-state index contributed by atoms with van der Waals surface area (Å²) < 4.78 is 0. The van der Waals surface area contributed by atoms with Gasteiger partial charge in [-0.05, 0) is 58.2 Å². The quantitative estimate of drug-likeness (QED) is 0.298. The molecule has 0 saturated heterocycles. The lowest BCUT2D eigenvalue weighted by atomic mass is 10.1. The number of aromatic nitrogens is 2. The summed E-state index contributed by atoms with van der Waals surface area (Å²) in [5.41, 5.74) is 2.74. The zero-order chi connectivity index (χ0) is 20.6. The second-order valence-corrected chi connectivity index (χ2v) is 6.51. The standard InChI is InChI=1S/C24H35N3O/c1-5-9-10-11-12-13-17-25-18-16-21-22(8-4)26-23(27-24(21)28)19-20(14-6-2)15-7-3/h5-7,9,11-12,14-15,25H,2,8,10,13,16-19H2,1,3-4H3,(H,26,27,28)/b9-5-,12-11-,15-7-,20-14+. The number of H-pyrrole nitrogens is 1. The number of hydrogen-bond donors (Lipinski definition) is 2. The van der Waals surface area contributed by atoms with Gasteiger partial charge in [0, 0.05) is 12.0 Å². The van der Waals surface area contributed by atoms with Crippen molar-refractivity contribution < 1.29 is 0 Å².